The van der Waals surface area contributed by atoms with Crippen LogP contribution in [0.3, 0.4) is 0 Å². The molecule has 106 valence electrons. The average molecular weight is 287 g/mol. The first-order valence-corrected chi connectivity index (χ1v) is 7.62. The van der Waals surface area contributed by atoms with E-state index in [0.29, 0.717) is 19.3 Å². The van der Waals surface area contributed by atoms with Crippen LogP contribution in [0.4, 0.5) is 0 Å². The third kappa shape index (κ3) is 2.82. The fourth-order valence-electron chi connectivity index (χ4n) is 2.53. The van der Waals surface area contributed by atoms with Gasteiger partial charge < -0.3 is 9.52 Å². The van der Waals surface area contributed by atoms with E-state index in [1.165, 1.54) is 23.9 Å². The van der Waals surface area contributed by atoms with Gasteiger partial charge in [-0.05, 0) is 18.9 Å². The highest BCUT2D eigenvalue weighted by molar-refractivity contribution is 7.89. The lowest BCUT2D eigenvalue weighted by atomic mass is 10.1. The zero-order valence-electron chi connectivity index (χ0n) is 10.7. The van der Waals surface area contributed by atoms with Crippen molar-refractivity contribution in [2.45, 2.75) is 31.1 Å². The fraction of sp³-hybridized carbons (Fsp3) is 0.583. The highest BCUT2D eigenvalue weighted by atomic mass is 32.2. The first-order valence-electron chi connectivity index (χ1n) is 6.12. The Morgan fingerprint density at radius 3 is 2.84 bits per heavy atom. The first kappa shape index (κ1) is 14.1. The largest absolute Gasteiger partial charge is 0.481 e. The van der Waals surface area contributed by atoms with Crippen LogP contribution < -0.4 is 0 Å². The van der Waals surface area contributed by atoms with Crippen LogP contribution >= 0.6 is 0 Å². The van der Waals surface area contributed by atoms with E-state index < -0.39 is 27.2 Å². The second kappa shape index (κ2) is 5.34. The van der Waals surface area contributed by atoms with E-state index in [0.717, 1.165) is 5.56 Å². The van der Waals surface area contributed by atoms with Gasteiger partial charge in [0.15, 0.2) is 0 Å². The van der Waals surface area contributed by atoms with Gasteiger partial charge in [0, 0.05) is 19.2 Å². The highest BCUT2D eigenvalue weighted by Crippen LogP contribution is 2.33. The summed E-state index contributed by atoms with van der Waals surface area (Å²) in [4.78, 5) is 11.1. The average Bonchev–Trinajstić information content (AvgIpc) is 2.98. The summed E-state index contributed by atoms with van der Waals surface area (Å²) >= 11 is 0. The molecular weight excluding hydrogens is 270 g/mol. The van der Waals surface area contributed by atoms with Crippen molar-refractivity contribution in [3.63, 3.8) is 0 Å². The minimum Gasteiger partial charge on any atom is -0.481 e. The predicted octanol–water partition coefficient (Wildman–Crippen LogP) is 1.29. The summed E-state index contributed by atoms with van der Waals surface area (Å²) in [5.41, 5.74) is 0.746. The summed E-state index contributed by atoms with van der Waals surface area (Å²) in [6.45, 7) is 0.196. The lowest BCUT2D eigenvalue weighted by Crippen LogP contribution is -2.39. The predicted molar refractivity (Wildman–Crippen MR) is 67.9 cm³/mol. The van der Waals surface area contributed by atoms with Crippen LogP contribution in [0.15, 0.2) is 23.0 Å². The molecule has 2 unspecified atom stereocenters. The van der Waals surface area contributed by atoms with E-state index in [4.69, 9.17) is 9.52 Å². The lowest BCUT2D eigenvalue weighted by molar-refractivity contribution is -0.141. The second-order valence-electron chi connectivity index (χ2n) is 4.85. The number of aliphatic carboxylic acids is 1. The van der Waals surface area contributed by atoms with Gasteiger partial charge in [-0.1, -0.05) is 6.42 Å². The van der Waals surface area contributed by atoms with Crippen LogP contribution in [-0.2, 0) is 21.4 Å². The normalized spacial score (nSPS) is 23.9. The van der Waals surface area contributed by atoms with E-state index in [1.54, 1.807) is 6.07 Å². The number of hydrogen-bond acceptors (Lipinski definition) is 4. The molecule has 1 N–H and O–H groups in total. The molecule has 1 aromatic heterocycles. The molecule has 1 heterocycles. The maximum Gasteiger partial charge on any atom is 0.307 e. The number of carbonyl (C=O) groups is 1. The van der Waals surface area contributed by atoms with Crippen LogP contribution in [-0.4, -0.2) is 36.1 Å². The standard InChI is InChI=1S/C12H17NO5S/c1-13(7-9-5-6-18-8-9)19(16,17)11-4-2-3-10(11)12(14)15/h5-6,8,10-11H,2-4,7H2,1H3,(H,14,15). The van der Waals surface area contributed by atoms with E-state index in [-0.39, 0.29) is 6.54 Å². The number of hydrogen-bond donors (Lipinski definition) is 1. The molecule has 0 amide bonds. The SMILES string of the molecule is CN(Cc1ccoc1)S(=O)(=O)C1CCCC1C(=O)O. The summed E-state index contributed by atoms with van der Waals surface area (Å²) in [6, 6.07) is 1.69. The van der Waals surface area contributed by atoms with Crippen LogP contribution in [0, 0.1) is 5.92 Å². The number of sulfonamides is 1. The van der Waals surface area contributed by atoms with Gasteiger partial charge in [-0.2, -0.15) is 0 Å². The summed E-state index contributed by atoms with van der Waals surface area (Å²) in [6.07, 6.45) is 4.44. The summed E-state index contributed by atoms with van der Waals surface area (Å²) in [5, 5.41) is 8.27. The Balaban J connectivity index is 2.15. The zero-order valence-corrected chi connectivity index (χ0v) is 11.5. The Hall–Kier alpha value is -1.34. The van der Waals surface area contributed by atoms with Crippen molar-refractivity contribution in [2.75, 3.05) is 7.05 Å². The Morgan fingerprint density at radius 2 is 2.26 bits per heavy atom. The summed E-state index contributed by atoms with van der Waals surface area (Å²) in [7, 11) is -2.13. The highest BCUT2D eigenvalue weighted by Gasteiger charge is 2.43. The molecule has 0 saturated heterocycles. The van der Waals surface area contributed by atoms with Crippen LogP contribution in [0.2, 0.25) is 0 Å². The van der Waals surface area contributed by atoms with Gasteiger partial charge in [-0.25, -0.2) is 12.7 Å². The molecule has 1 aliphatic carbocycles. The molecule has 1 aromatic rings. The van der Waals surface area contributed by atoms with E-state index in [9.17, 15) is 13.2 Å². The Bertz CT molecular complexity index is 536. The van der Waals surface area contributed by atoms with Crippen molar-refractivity contribution in [3.8, 4) is 0 Å². The fourth-order valence-corrected chi connectivity index (χ4v) is 4.45. The van der Waals surface area contributed by atoms with Crippen LogP contribution in [0.1, 0.15) is 24.8 Å². The third-order valence-electron chi connectivity index (χ3n) is 3.57. The summed E-state index contributed by atoms with van der Waals surface area (Å²) in [5.74, 6) is -1.82. The maximum absolute atomic E-state index is 12.4. The number of carboxylic acid groups (broad SMARTS) is 1. The van der Waals surface area contributed by atoms with Gasteiger partial charge in [0.25, 0.3) is 0 Å². The monoisotopic (exact) mass is 287 g/mol. The van der Waals surface area contributed by atoms with Crippen molar-refractivity contribution in [3.05, 3.63) is 24.2 Å². The van der Waals surface area contributed by atoms with Crippen LogP contribution in [0.5, 0.6) is 0 Å². The van der Waals surface area contributed by atoms with Gasteiger partial charge in [0.2, 0.25) is 10.0 Å². The number of rotatable bonds is 5. The van der Waals surface area contributed by atoms with Crippen LogP contribution in [0.25, 0.3) is 0 Å². The van der Waals surface area contributed by atoms with Crippen molar-refractivity contribution in [1.29, 1.82) is 0 Å². The molecule has 1 aliphatic rings. The third-order valence-corrected chi connectivity index (χ3v) is 5.90. The van der Waals surface area contributed by atoms with Gasteiger partial charge in [-0.15, -0.1) is 0 Å². The molecule has 2 rings (SSSR count). The molecule has 0 aliphatic heterocycles. The quantitative estimate of drug-likeness (QED) is 0.881. The van der Waals surface area contributed by atoms with Crippen molar-refractivity contribution >= 4 is 16.0 Å². The lowest BCUT2D eigenvalue weighted by Gasteiger charge is -2.23. The zero-order chi connectivity index (χ0) is 14.0. The molecule has 0 spiro atoms. The number of carboxylic acids is 1. The number of furan rings is 1. The maximum atomic E-state index is 12.4. The van der Waals surface area contributed by atoms with E-state index in [2.05, 4.69) is 0 Å². The molecule has 0 radical (unpaired) electrons. The summed E-state index contributed by atoms with van der Waals surface area (Å²) < 4.78 is 30.9. The molecular formula is C12H17NO5S. The molecule has 7 heteroatoms. The van der Waals surface area contributed by atoms with Gasteiger partial charge >= 0.3 is 5.97 Å². The second-order valence-corrected chi connectivity index (χ2v) is 7.11. The van der Waals surface area contributed by atoms with Gasteiger partial charge in [0.1, 0.15) is 0 Å². The molecule has 19 heavy (non-hydrogen) atoms. The Kier molecular flexibility index (Phi) is 3.96. The molecule has 0 aromatic carbocycles. The molecule has 6 nitrogen and oxygen atoms in total. The smallest absolute Gasteiger partial charge is 0.307 e. The molecule has 2 atom stereocenters. The van der Waals surface area contributed by atoms with Crippen molar-refractivity contribution in [1.82, 2.24) is 4.31 Å². The molecule has 0 bridgehead atoms. The van der Waals surface area contributed by atoms with Gasteiger partial charge in [-0.3, -0.25) is 4.79 Å². The topological polar surface area (TPSA) is 87.8 Å². The first-order chi connectivity index (χ1) is 8.93. The van der Waals surface area contributed by atoms with Crippen molar-refractivity contribution < 1.29 is 22.7 Å². The molecule has 1 saturated carbocycles. The van der Waals surface area contributed by atoms with Crippen molar-refractivity contribution in [2.24, 2.45) is 5.92 Å². The Labute approximate surface area is 112 Å². The minimum atomic E-state index is -3.60. The van der Waals surface area contributed by atoms with E-state index in [1.807, 2.05) is 0 Å². The Morgan fingerprint density at radius 1 is 1.53 bits per heavy atom. The number of nitrogens with zero attached hydrogens (tertiary/aromatic N) is 1. The minimum absolute atomic E-state index is 0.196. The molecule has 1 fully saturated rings. The van der Waals surface area contributed by atoms with E-state index >= 15 is 0 Å². The van der Waals surface area contributed by atoms with Gasteiger partial charge in [0.05, 0.1) is 23.7 Å².